The number of ether oxygens (including phenoxy) is 1. The molecule has 0 aliphatic heterocycles. The van der Waals surface area contributed by atoms with Gasteiger partial charge in [-0.3, -0.25) is 0 Å². The highest BCUT2D eigenvalue weighted by atomic mass is 16.6. The number of carbonyl (C=O) groups is 1. The van der Waals surface area contributed by atoms with Crippen LogP contribution in [0.4, 0.5) is 4.79 Å². The van der Waals surface area contributed by atoms with Crippen LogP contribution in [0.25, 0.3) is 0 Å². The van der Waals surface area contributed by atoms with Gasteiger partial charge in [-0.25, -0.2) is 4.79 Å². The second-order valence-corrected chi connectivity index (χ2v) is 5.59. The molecule has 0 aliphatic carbocycles. The molecule has 1 amide bonds. The lowest BCUT2D eigenvalue weighted by Gasteiger charge is -2.20. The second kappa shape index (κ2) is 7.50. The Balaban J connectivity index is 3.62. The van der Waals surface area contributed by atoms with E-state index in [9.17, 15) is 9.90 Å². The average molecular weight is 246 g/mol. The molecule has 0 saturated heterocycles. The minimum absolute atomic E-state index is 0.194. The van der Waals surface area contributed by atoms with Crippen molar-refractivity contribution in [2.75, 3.05) is 19.6 Å². The topological polar surface area (TPSA) is 70.6 Å². The lowest BCUT2D eigenvalue weighted by atomic mass is 10.2. The first-order chi connectivity index (χ1) is 7.70. The molecule has 0 heterocycles. The Morgan fingerprint density at radius 3 is 2.29 bits per heavy atom. The van der Waals surface area contributed by atoms with Gasteiger partial charge < -0.3 is 20.5 Å². The van der Waals surface area contributed by atoms with E-state index in [2.05, 4.69) is 24.5 Å². The Bertz CT molecular complexity index is 224. The van der Waals surface area contributed by atoms with Crippen LogP contribution in [0.15, 0.2) is 0 Å². The van der Waals surface area contributed by atoms with E-state index in [1.807, 2.05) is 0 Å². The molecular weight excluding hydrogens is 220 g/mol. The maximum absolute atomic E-state index is 11.3. The van der Waals surface area contributed by atoms with Crippen LogP contribution >= 0.6 is 0 Å². The molecule has 5 nitrogen and oxygen atoms in total. The summed E-state index contributed by atoms with van der Waals surface area (Å²) in [6.45, 7) is 11.1. The van der Waals surface area contributed by atoms with Crippen molar-refractivity contribution in [3.63, 3.8) is 0 Å². The molecule has 0 aromatic rings. The Labute approximate surface area is 104 Å². The summed E-state index contributed by atoms with van der Waals surface area (Å²) in [5.74, 6) is 0.543. The van der Waals surface area contributed by atoms with E-state index in [0.717, 1.165) is 6.54 Å². The van der Waals surface area contributed by atoms with Crippen LogP contribution in [-0.2, 0) is 4.74 Å². The monoisotopic (exact) mass is 246 g/mol. The fourth-order valence-electron chi connectivity index (χ4n) is 1.13. The summed E-state index contributed by atoms with van der Waals surface area (Å²) in [7, 11) is 0. The van der Waals surface area contributed by atoms with Crippen LogP contribution < -0.4 is 10.6 Å². The molecule has 0 bridgehead atoms. The third-order valence-electron chi connectivity index (χ3n) is 1.81. The Hall–Kier alpha value is -0.810. The van der Waals surface area contributed by atoms with Crippen LogP contribution in [0, 0.1) is 5.92 Å². The molecule has 0 spiro atoms. The van der Waals surface area contributed by atoms with Crippen molar-refractivity contribution in [2.24, 2.45) is 5.92 Å². The van der Waals surface area contributed by atoms with Crippen molar-refractivity contribution in [1.29, 1.82) is 0 Å². The smallest absolute Gasteiger partial charge is 0.407 e. The minimum atomic E-state index is -0.596. The maximum Gasteiger partial charge on any atom is 0.407 e. The highest BCUT2D eigenvalue weighted by Crippen LogP contribution is 2.06. The fourth-order valence-corrected chi connectivity index (χ4v) is 1.13. The maximum atomic E-state index is 11.3. The number of hydrogen-bond donors (Lipinski definition) is 3. The molecule has 1 atom stereocenters. The van der Waals surface area contributed by atoms with E-state index < -0.39 is 17.8 Å². The molecule has 1 unspecified atom stereocenters. The van der Waals surface area contributed by atoms with Gasteiger partial charge >= 0.3 is 6.09 Å². The molecular formula is C12H26N2O3. The average Bonchev–Trinajstić information content (AvgIpc) is 2.11. The van der Waals surface area contributed by atoms with Crippen molar-refractivity contribution in [3.8, 4) is 0 Å². The zero-order chi connectivity index (χ0) is 13.5. The van der Waals surface area contributed by atoms with E-state index in [1.54, 1.807) is 20.8 Å². The van der Waals surface area contributed by atoms with Crippen molar-refractivity contribution in [1.82, 2.24) is 10.6 Å². The van der Waals surface area contributed by atoms with Gasteiger partial charge in [-0.15, -0.1) is 0 Å². The molecule has 0 rings (SSSR count). The summed E-state index contributed by atoms with van der Waals surface area (Å²) in [5, 5.41) is 15.2. The summed E-state index contributed by atoms with van der Waals surface area (Å²) >= 11 is 0. The normalized spacial score (nSPS) is 13.6. The van der Waals surface area contributed by atoms with Gasteiger partial charge in [0.25, 0.3) is 0 Å². The minimum Gasteiger partial charge on any atom is -0.444 e. The summed E-state index contributed by atoms with van der Waals surface area (Å²) in [4.78, 5) is 11.3. The zero-order valence-electron chi connectivity index (χ0n) is 11.5. The highest BCUT2D eigenvalue weighted by molar-refractivity contribution is 5.67. The Morgan fingerprint density at radius 1 is 1.24 bits per heavy atom. The quantitative estimate of drug-likeness (QED) is 0.657. The first-order valence-electron chi connectivity index (χ1n) is 6.06. The van der Waals surface area contributed by atoms with Crippen molar-refractivity contribution >= 4 is 6.09 Å². The fraction of sp³-hybridized carbons (Fsp3) is 0.917. The molecule has 102 valence electrons. The third kappa shape index (κ3) is 11.5. The molecule has 0 aromatic heterocycles. The first kappa shape index (κ1) is 16.2. The number of nitrogens with one attached hydrogen (secondary N) is 2. The lowest BCUT2D eigenvalue weighted by molar-refractivity contribution is 0.0492. The number of hydrogen-bond acceptors (Lipinski definition) is 4. The van der Waals surface area contributed by atoms with Crippen LogP contribution in [0.5, 0.6) is 0 Å². The van der Waals surface area contributed by atoms with Crippen molar-refractivity contribution in [2.45, 2.75) is 46.3 Å². The van der Waals surface area contributed by atoms with E-state index in [0.29, 0.717) is 12.5 Å². The zero-order valence-corrected chi connectivity index (χ0v) is 11.5. The van der Waals surface area contributed by atoms with E-state index >= 15 is 0 Å². The molecule has 0 saturated carbocycles. The van der Waals surface area contributed by atoms with Gasteiger partial charge in [0.15, 0.2) is 0 Å². The summed E-state index contributed by atoms with van der Waals surface area (Å²) in [6.07, 6.45) is -1.10. The predicted molar refractivity (Wildman–Crippen MR) is 68.0 cm³/mol. The van der Waals surface area contributed by atoms with E-state index in [4.69, 9.17) is 4.74 Å². The first-order valence-corrected chi connectivity index (χ1v) is 6.06. The molecule has 5 heteroatoms. The number of amides is 1. The van der Waals surface area contributed by atoms with Crippen LogP contribution in [0.1, 0.15) is 34.6 Å². The van der Waals surface area contributed by atoms with Crippen molar-refractivity contribution < 1.29 is 14.6 Å². The number of aliphatic hydroxyl groups is 1. The van der Waals surface area contributed by atoms with Gasteiger partial charge in [-0.05, 0) is 33.2 Å². The van der Waals surface area contributed by atoms with E-state index in [-0.39, 0.29) is 6.54 Å². The largest absolute Gasteiger partial charge is 0.444 e. The van der Waals surface area contributed by atoms with Gasteiger partial charge in [-0.1, -0.05) is 13.8 Å². The summed E-state index contributed by atoms with van der Waals surface area (Å²) in [6, 6.07) is 0. The van der Waals surface area contributed by atoms with Gasteiger partial charge in [0, 0.05) is 13.1 Å². The molecule has 0 radical (unpaired) electrons. The molecule has 17 heavy (non-hydrogen) atoms. The summed E-state index contributed by atoms with van der Waals surface area (Å²) in [5.41, 5.74) is -0.509. The predicted octanol–water partition coefficient (Wildman–Crippen LogP) is 1.12. The number of aliphatic hydroxyl groups excluding tert-OH is 1. The second-order valence-electron chi connectivity index (χ2n) is 5.59. The molecule has 0 fully saturated rings. The number of rotatable bonds is 6. The standard InChI is InChI=1S/C12H26N2O3/c1-9(2)6-13-7-10(15)8-14-11(16)17-12(3,4)5/h9-10,13,15H,6-8H2,1-5H3,(H,14,16). The Morgan fingerprint density at radius 2 is 1.82 bits per heavy atom. The highest BCUT2D eigenvalue weighted by Gasteiger charge is 2.16. The third-order valence-corrected chi connectivity index (χ3v) is 1.81. The van der Waals surface area contributed by atoms with E-state index in [1.165, 1.54) is 0 Å². The molecule has 0 aliphatic rings. The molecule has 0 aromatic carbocycles. The van der Waals surface area contributed by atoms with Crippen LogP contribution in [0.2, 0.25) is 0 Å². The SMILES string of the molecule is CC(C)CNCC(O)CNC(=O)OC(C)(C)C. The Kier molecular flexibility index (Phi) is 7.15. The number of carbonyl (C=O) groups excluding carboxylic acids is 1. The molecule has 3 N–H and O–H groups in total. The van der Waals surface area contributed by atoms with Gasteiger partial charge in [0.1, 0.15) is 5.60 Å². The van der Waals surface area contributed by atoms with Crippen LogP contribution in [-0.4, -0.2) is 42.5 Å². The number of alkyl carbamates (subject to hydrolysis) is 1. The van der Waals surface area contributed by atoms with Gasteiger partial charge in [-0.2, -0.15) is 0 Å². The van der Waals surface area contributed by atoms with Gasteiger partial charge in [0.2, 0.25) is 0 Å². The van der Waals surface area contributed by atoms with Gasteiger partial charge in [0.05, 0.1) is 6.10 Å². The van der Waals surface area contributed by atoms with Crippen molar-refractivity contribution in [3.05, 3.63) is 0 Å². The lowest BCUT2D eigenvalue weighted by Crippen LogP contribution is -2.41. The summed E-state index contributed by atoms with van der Waals surface area (Å²) < 4.78 is 5.05. The van der Waals surface area contributed by atoms with Crippen LogP contribution in [0.3, 0.4) is 0 Å².